The first-order valence-corrected chi connectivity index (χ1v) is 7.41. The van der Waals surface area contributed by atoms with Crippen LogP contribution in [0.1, 0.15) is 27.2 Å². The predicted octanol–water partition coefficient (Wildman–Crippen LogP) is 3.39. The summed E-state index contributed by atoms with van der Waals surface area (Å²) in [4.78, 5) is 20.4. The molecule has 0 atom stereocenters. The Kier molecular flexibility index (Phi) is 4.24. The molecule has 7 heteroatoms. The molecular weight excluding hydrogens is 306 g/mol. The van der Waals surface area contributed by atoms with Gasteiger partial charge in [0.2, 0.25) is 5.95 Å². The first-order chi connectivity index (χ1) is 11.5. The minimum Gasteiger partial charge on any atom is -0.360 e. The van der Waals surface area contributed by atoms with Crippen LogP contribution in [0.3, 0.4) is 0 Å². The van der Waals surface area contributed by atoms with Gasteiger partial charge in [-0.05, 0) is 44.0 Å². The van der Waals surface area contributed by atoms with Crippen molar-refractivity contribution >= 4 is 23.4 Å². The monoisotopic (exact) mass is 323 g/mol. The zero-order valence-electron chi connectivity index (χ0n) is 13.6. The maximum Gasteiger partial charge on any atom is 0.260 e. The Morgan fingerprint density at radius 3 is 2.25 bits per heavy atom. The highest BCUT2D eigenvalue weighted by molar-refractivity contribution is 6.03. The number of benzene rings is 1. The Labute approximate surface area is 139 Å². The topological polar surface area (TPSA) is 92.9 Å². The lowest BCUT2D eigenvalue weighted by molar-refractivity contribution is 0.102. The molecule has 0 spiro atoms. The zero-order chi connectivity index (χ0) is 17.1. The number of anilines is 3. The van der Waals surface area contributed by atoms with E-state index in [0.29, 0.717) is 23.1 Å². The number of hydrogen-bond acceptors (Lipinski definition) is 6. The van der Waals surface area contributed by atoms with Crippen LogP contribution in [0.2, 0.25) is 0 Å². The van der Waals surface area contributed by atoms with E-state index >= 15 is 0 Å². The van der Waals surface area contributed by atoms with Gasteiger partial charge in [0, 0.05) is 24.1 Å². The van der Waals surface area contributed by atoms with Crippen LogP contribution in [0, 0.1) is 20.8 Å². The number of carbonyl (C=O) groups is 1. The average Bonchev–Trinajstić information content (AvgIpc) is 2.92. The van der Waals surface area contributed by atoms with Crippen molar-refractivity contribution in [1.29, 1.82) is 0 Å². The Morgan fingerprint density at radius 1 is 1.00 bits per heavy atom. The number of aryl methyl sites for hydroxylation is 3. The molecule has 0 saturated heterocycles. The second-order valence-electron chi connectivity index (χ2n) is 5.57. The van der Waals surface area contributed by atoms with E-state index in [1.54, 1.807) is 13.0 Å². The molecule has 2 heterocycles. The lowest BCUT2D eigenvalue weighted by Crippen LogP contribution is -2.13. The van der Waals surface area contributed by atoms with E-state index in [0.717, 1.165) is 16.8 Å². The number of aromatic nitrogens is 3. The van der Waals surface area contributed by atoms with Crippen LogP contribution in [0.25, 0.3) is 0 Å². The largest absolute Gasteiger partial charge is 0.360 e. The van der Waals surface area contributed by atoms with E-state index in [1.165, 1.54) is 12.4 Å². The van der Waals surface area contributed by atoms with Crippen LogP contribution in [0.5, 0.6) is 0 Å². The third-order valence-electron chi connectivity index (χ3n) is 3.26. The Hall–Kier alpha value is -3.22. The Morgan fingerprint density at radius 2 is 1.67 bits per heavy atom. The number of nitrogens with zero attached hydrogens (tertiary/aromatic N) is 3. The Balaban J connectivity index is 1.69. The molecule has 0 aliphatic rings. The molecule has 2 N–H and O–H groups in total. The van der Waals surface area contributed by atoms with Crippen molar-refractivity contribution in [2.75, 3.05) is 10.6 Å². The number of hydrogen-bond donors (Lipinski definition) is 2. The van der Waals surface area contributed by atoms with Crippen molar-refractivity contribution in [2.45, 2.75) is 20.8 Å². The van der Waals surface area contributed by atoms with Crippen molar-refractivity contribution in [1.82, 2.24) is 15.1 Å². The summed E-state index contributed by atoms with van der Waals surface area (Å²) in [7, 11) is 0. The van der Waals surface area contributed by atoms with Gasteiger partial charge in [-0.15, -0.1) is 0 Å². The summed E-state index contributed by atoms with van der Waals surface area (Å²) in [6.45, 7) is 5.80. The van der Waals surface area contributed by atoms with Crippen molar-refractivity contribution < 1.29 is 9.32 Å². The summed E-state index contributed by atoms with van der Waals surface area (Å²) >= 11 is 0. The summed E-state index contributed by atoms with van der Waals surface area (Å²) in [5.41, 5.74) is 3.54. The van der Waals surface area contributed by atoms with Crippen LogP contribution in [-0.4, -0.2) is 21.0 Å². The molecule has 1 aromatic carbocycles. The molecule has 0 fully saturated rings. The van der Waals surface area contributed by atoms with Gasteiger partial charge in [0.05, 0.1) is 5.56 Å². The van der Waals surface area contributed by atoms with Gasteiger partial charge in [0.25, 0.3) is 5.91 Å². The summed E-state index contributed by atoms with van der Waals surface area (Å²) in [6, 6.07) is 7.73. The zero-order valence-corrected chi connectivity index (χ0v) is 13.6. The van der Waals surface area contributed by atoms with Crippen LogP contribution in [0.4, 0.5) is 17.5 Å². The molecule has 2 aromatic heterocycles. The van der Waals surface area contributed by atoms with Gasteiger partial charge in [-0.3, -0.25) is 4.79 Å². The molecule has 0 aliphatic carbocycles. The molecule has 122 valence electrons. The van der Waals surface area contributed by atoms with E-state index in [4.69, 9.17) is 4.52 Å². The van der Waals surface area contributed by atoms with Gasteiger partial charge in [0.15, 0.2) is 5.82 Å². The SMILES string of the molecule is Cc1cc(C)cc(Nc2ncc(C(=O)Nc3cc(C)on3)cn2)c1. The van der Waals surface area contributed by atoms with Crippen molar-refractivity contribution in [3.05, 3.63) is 59.1 Å². The highest BCUT2D eigenvalue weighted by Crippen LogP contribution is 2.17. The molecule has 0 unspecified atom stereocenters. The lowest BCUT2D eigenvalue weighted by Gasteiger charge is -2.07. The van der Waals surface area contributed by atoms with E-state index in [2.05, 4.69) is 31.8 Å². The number of nitrogens with one attached hydrogen (secondary N) is 2. The number of amides is 1. The van der Waals surface area contributed by atoms with Crippen LogP contribution in [-0.2, 0) is 0 Å². The fraction of sp³-hybridized carbons (Fsp3) is 0.176. The maximum atomic E-state index is 12.1. The van der Waals surface area contributed by atoms with Gasteiger partial charge < -0.3 is 15.2 Å². The minimum absolute atomic E-state index is 0.335. The van der Waals surface area contributed by atoms with Crippen molar-refractivity contribution in [3.8, 4) is 0 Å². The smallest absolute Gasteiger partial charge is 0.260 e. The number of rotatable bonds is 4. The van der Waals surface area contributed by atoms with Crippen molar-refractivity contribution in [3.63, 3.8) is 0 Å². The van der Waals surface area contributed by atoms with Crippen molar-refractivity contribution in [2.24, 2.45) is 0 Å². The highest BCUT2D eigenvalue weighted by atomic mass is 16.5. The summed E-state index contributed by atoms with van der Waals surface area (Å²) in [5, 5.41) is 9.45. The van der Waals surface area contributed by atoms with Gasteiger partial charge in [-0.2, -0.15) is 0 Å². The maximum absolute atomic E-state index is 12.1. The molecule has 0 bridgehead atoms. The first kappa shape index (κ1) is 15.7. The van der Waals surface area contributed by atoms with E-state index < -0.39 is 0 Å². The first-order valence-electron chi connectivity index (χ1n) is 7.41. The van der Waals surface area contributed by atoms with Gasteiger partial charge in [0.1, 0.15) is 5.76 Å². The van der Waals surface area contributed by atoms with Gasteiger partial charge in [-0.25, -0.2) is 9.97 Å². The molecule has 3 aromatic rings. The van der Waals surface area contributed by atoms with Crippen LogP contribution < -0.4 is 10.6 Å². The normalized spacial score (nSPS) is 10.5. The lowest BCUT2D eigenvalue weighted by atomic mass is 10.1. The second-order valence-corrected chi connectivity index (χ2v) is 5.57. The van der Waals surface area contributed by atoms with Gasteiger partial charge in [-0.1, -0.05) is 11.2 Å². The summed E-state index contributed by atoms with van der Waals surface area (Å²) in [5.74, 6) is 1.06. The highest BCUT2D eigenvalue weighted by Gasteiger charge is 2.10. The third kappa shape index (κ3) is 3.75. The van der Waals surface area contributed by atoms with E-state index in [-0.39, 0.29) is 5.91 Å². The predicted molar refractivity (Wildman–Crippen MR) is 90.4 cm³/mol. The van der Waals surface area contributed by atoms with Crippen LogP contribution in [0.15, 0.2) is 41.2 Å². The third-order valence-corrected chi connectivity index (χ3v) is 3.26. The molecule has 3 rings (SSSR count). The Bertz CT molecular complexity index is 851. The summed E-state index contributed by atoms with van der Waals surface area (Å²) in [6.07, 6.45) is 2.92. The fourth-order valence-corrected chi connectivity index (χ4v) is 2.30. The standard InChI is InChI=1S/C17H17N5O2/c1-10-4-11(2)6-14(5-10)20-17-18-8-13(9-19-17)16(23)21-15-7-12(3)24-22-15/h4-9H,1-3H3,(H,18,19,20)(H,21,22,23). The quantitative estimate of drug-likeness (QED) is 0.764. The van der Waals surface area contributed by atoms with E-state index in [1.807, 2.05) is 26.0 Å². The second kappa shape index (κ2) is 6.49. The van der Waals surface area contributed by atoms with E-state index in [9.17, 15) is 4.79 Å². The molecule has 7 nitrogen and oxygen atoms in total. The van der Waals surface area contributed by atoms with Crippen LogP contribution >= 0.6 is 0 Å². The summed E-state index contributed by atoms with van der Waals surface area (Å²) < 4.78 is 4.90. The average molecular weight is 323 g/mol. The number of carbonyl (C=O) groups excluding carboxylic acids is 1. The fourth-order valence-electron chi connectivity index (χ4n) is 2.30. The molecule has 24 heavy (non-hydrogen) atoms. The molecule has 1 amide bonds. The molecule has 0 saturated carbocycles. The van der Waals surface area contributed by atoms with Gasteiger partial charge >= 0.3 is 0 Å². The molecule has 0 radical (unpaired) electrons. The minimum atomic E-state index is -0.346. The molecular formula is C17H17N5O2. The molecule has 0 aliphatic heterocycles.